The maximum Gasteiger partial charge on any atom is 0.338 e. The van der Waals surface area contributed by atoms with Gasteiger partial charge in [-0.1, -0.05) is 6.07 Å². The van der Waals surface area contributed by atoms with E-state index >= 15 is 0 Å². The summed E-state index contributed by atoms with van der Waals surface area (Å²) in [6.07, 6.45) is 0. The zero-order valence-electron chi connectivity index (χ0n) is 12.5. The van der Waals surface area contributed by atoms with E-state index in [2.05, 4.69) is 0 Å². The van der Waals surface area contributed by atoms with Crippen molar-refractivity contribution in [1.82, 2.24) is 4.31 Å². The molecule has 21 heavy (non-hydrogen) atoms. The first kappa shape index (κ1) is 17.3. The number of hydrogen-bond donors (Lipinski definition) is 0. The van der Waals surface area contributed by atoms with Gasteiger partial charge in [0.2, 0.25) is 10.0 Å². The van der Waals surface area contributed by atoms with Crippen LogP contribution in [0, 0.1) is 0 Å². The van der Waals surface area contributed by atoms with Crippen LogP contribution in [-0.2, 0) is 19.6 Å². The molecule has 0 atom stereocenters. The normalized spacial score (nSPS) is 11.7. The molecule has 0 N–H and O–H groups in total. The van der Waals surface area contributed by atoms with E-state index < -0.39 is 16.0 Å². The highest BCUT2D eigenvalue weighted by Gasteiger charge is 2.24. The third-order valence-electron chi connectivity index (χ3n) is 2.88. The standard InChI is InChI=1S/C14H19NO5S/c1-10(2)15(4)21(18,19)13-7-5-6-12(8-13)14(17)20-9-11(3)16/h5-8,10H,9H2,1-4H3. The summed E-state index contributed by atoms with van der Waals surface area (Å²) in [6.45, 7) is 4.47. The third kappa shape index (κ3) is 4.37. The summed E-state index contributed by atoms with van der Waals surface area (Å²) >= 11 is 0. The number of esters is 1. The van der Waals surface area contributed by atoms with E-state index in [1.165, 1.54) is 42.5 Å². The predicted octanol–water partition coefficient (Wildman–Crippen LogP) is 1.46. The lowest BCUT2D eigenvalue weighted by Gasteiger charge is -2.21. The summed E-state index contributed by atoms with van der Waals surface area (Å²) in [6, 6.07) is 5.36. The van der Waals surface area contributed by atoms with Crippen LogP contribution in [0.15, 0.2) is 29.2 Å². The quantitative estimate of drug-likeness (QED) is 0.743. The van der Waals surface area contributed by atoms with Crippen molar-refractivity contribution in [3.63, 3.8) is 0 Å². The van der Waals surface area contributed by atoms with E-state index in [1.807, 2.05) is 0 Å². The predicted molar refractivity (Wildman–Crippen MR) is 77.5 cm³/mol. The summed E-state index contributed by atoms with van der Waals surface area (Å²) in [5.74, 6) is -1.01. The number of carbonyl (C=O) groups excluding carboxylic acids is 2. The number of hydrogen-bond acceptors (Lipinski definition) is 5. The summed E-state index contributed by atoms with van der Waals surface area (Å²) in [5, 5.41) is 0. The van der Waals surface area contributed by atoms with Gasteiger partial charge in [0, 0.05) is 13.1 Å². The van der Waals surface area contributed by atoms with Crippen LogP contribution in [0.5, 0.6) is 0 Å². The number of ether oxygens (including phenoxy) is 1. The van der Waals surface area contributed by atoms with Crippen LogP contribution >= 0.6 is 0 Å². The third-order valence-corrected chi connectivity index (χ3v) is 4.91. The molecule has 0 aliphatic rings. The first-order chi connectivity index (χ1) is 9.66. The van der Waals surface area contributed by atoms with Gasteiger partial charge in [-0.2, -0.15) is 4.31 Å². The number of sulfonamides is 1. The SMILES string of the molecule is CC(=O)COC(=O)c1cccc(S(=O)(=O)N(C)C(C)C)c1. The molecule has 0 heterocycles. The van der Waals surface area contributed by atoms with E-state index in [0.717, 1.165) is 0 Å². The Balaban J connectivity index is 3.06. The molecule has 7 heteroatoms. The Morgan fingerprint density at radius 2 is 1.90 bits per heavy atom. The maximum atomic E-state index is 12.3. The van der Waals surface area contributed by atoms with Gasteiger partial charge in [0.05, 0.1) is 10.5 Å². The van der Waals surface area contributed by atoms with Gasteiger partial charge in [-0.05, 0) is 39.0 Å². The Bertz CT molecular complexity index is 637. The molecule has 0 radical (unpaired) electrons. The van der Waals surface area contributed by atoms with E-state index in [9.17, 15) is 18.0 Å². The molecule has 0 amide bonds. The highest BCUT2D eigenvalue weighted by molar-refractivity contribution is 7.89. The Morgan fingerprint density at radius 3 is 2.43 bits per heavy atom. The second-order valence-corrected chi connectivity index (χ2v) is 6.92. The minimum atomic E-state index is -3.67. The highest BCUT2D eigenvalue weighted by Crippen LogP contribution is 2.18. The van der Waals surface area contributed by atoms with Crippen LogP contribution < -0.4 is 0 Å². The molecule has 116 valence electrons. The Kier molecular flexibility index (Phi) is 5.62. The van der Waals surface area contributed by atoms with Gasteiger partial charge >= 0.3 is 5.97 Å². The smallest absolute Gasteiger partial charge is 0.338 e. The van der Waals surface area contributed by atoms with E-state index in [4.69, 9.17) is 4.74 Å². The van der Waals surface area contributed by atoms with Crippen LogP contribution in [0.3, 0.4) is 0 Å². The number of carbonyl (C=O) groups is 2. The van der Waals surface area contributed by atoms with Crippen LogP contribution in [-0.4, -0.2) is 44.2 Å². The molecule has 6 nitrogen and oxygen atoms in total. The zero-order chi connectivity index (χ0) is 16.2. The minimum Gasteiger partial charge on any atom is -0.454 e. The van der Waals surface area contributed by atoms with Crippen LogP contribution in [0.4, 0.5) is 0 Å². The lowest BCUT2D eigenvalue weighted by atomic mass is 10.2. The van der Waals surface area contributed by atoms with Crippen molar-refractivity contribution in [1.29, 1.82) is 0 Å². The molecule has 0 aliphatic heterocycles. The summed E-state index contributed by atoms with van der Waals surface area (Å²) in [5.41, 5.74) is 0.0921. The van der Waals surface area contributed by atoms with Gasteiger partial charge in [0.1, 0.15) is 6.61 Å². The molecular weight excluding hydrogens is 294 g/mol. The van der Waals surface area contributed by atoms with E-state index in [0.29, 0.717) is 0 Å². The largest absolute Gasteiger partial charge is 0.454 e. The fourth-order valence-corrected chi connectivity index (χ4v) is 2.89. The van der Waals surface area contributed by atoms with Crippen molar-refractivity contribution >= 4 is 21.8 Å². The minimum absolute atomic E-state index is 0.0102. The Labute approximate surface area is 124 Å². The number of rotatable bonds is 6. The average molecular weight is 313 g/mol. The molecule has 0 bridgehead atoms. The lowest BCUT2D eigenvalue weighted by Crippen LogP contribution is -2.33. The molecule has 1 aromatic carbocycles. The van der Waals surface area contributed by atoms with Crippen molar-refractivity contribution in [2.45, 2.75) is 31.7 Å². The number of benzene rings is 1. The first-order valence-corrected chi connectivity index (χ1v) is 7.85. The topological polar surface area (TPSA) is 80.8 Å². The van der Waals surface area contributed by atoms with Crippen LogP contribution in [0.1, 0.15) is 31.1 Å². The monoisotopic (exact) mass is 313 g/mol. The molecule has 1 rings (SSSR count). The van der Waals surface area contributed by atoms with Crippen LogP contribution in [0.2, 0.25) is 0 Å². The molecule has 0 fully saturated rings. The summed E-state index contributed by atoms with van der Waals surface area (Å²) in [4.78, 5) is 22.5. The number of Topliss-reactive ketones (excluding diaryl/α,β-unsaturated/α-hetero) is 1. The first-order valence-electron chi connectivity index (χ1n) is 6.41. The highest BCUT2D eigenvalue weighted by atomic mass is 32.2. The fraction of sp³-hybridized carbons (Fsp3) is 0.429. The zero-order valence-corrected chi connectivity index (χ0v) is 13.3. The summed E-state index contributed by atoms with van der Waals surface area (Å²) in [7, 11) is -2.19. The van der Waals surface area contributed by atoms with Gasteiger partial charge in [0.25, 0.3) is 0 Å². The van der Waals surface area contributed by atoms with Gasteiger partial charge in [0.15, 0.2) is 5.78 Å². The van der Waals surface area contributed by atoms with Gasteiger partial charge < -0.3 is 4.74 Å². The lowest BCUT2D eigenvalue weighted by molar-refractivity contribution is -0.120. The maximum absolute atomic E-state index is 12.3. The molecule has 0 saturated heterocycles. The number of nitrogens with zero attached hydrogens (tertiary/aromatic N) is 1. The molecule has 0 unspecified atom stereocenters. The fourth-order valence-electron chi connectivity index (χ4n) is 1.48. The molecule has 0 spiro atoms. The van der Waals surface area contributed by atoms with Crippen molar-refractivity contribution in [3.05, 3.63) is 29.8 Å². The second-order valence-electron chi connectivity index (χ2n) is 4.92. The molecule has 0 aromatic heterocycles. The Morgan fingerprint density at radius 1 is 1.29 bits per heavy atom. The molecule has 0 saturated carbocycles. The average Bonchev–Trinajstić information content (AvgIpc) is 2.43. The van der Waals surface area contributed by atoms with E-state index in [-0.39, 0.29) is 28.9 Å². The van der Waals surface area contributed by atoms with Crippen molar-refractivity contribution in [3.8, 4) is 0 Å². The number of ketones is 1. The van der Waals surface area contributed by atoms with Gasteiger partial charge in [-0.3, -0.25) is 4.79 Å². The molecular formula is C14H19NO5S. The van der Waals surface area contributed by atoms with E-state index in [1.54, 1.807) is 13.8 Å². The van der Waals surface area contributed by atoms with Gasteiger partial charge in [-0.25, -0.2) is 13.2 Å². The van der Waals surface area contributed by atoms with Crippen molar-refractivity contribution in [2.75, 3.05) is 13.7 Å². The molecule has 1 aromatic rings. The van der Waals surface area contributed by atoms with Crippen molar-refractivity contribution < 1.29 is 22.7 Å². The second kappa shape index (κ2) is 6.82. The Hall–Kier alpha value is -1.73. The van der Waals surface area contributed by atoms with Crippen LogP contribution in [0.25, 0.3) is 0 Å². The molecule has 0 aliphatic carbocycles. The summed E-state index contributed by atoms with van der Waals surface area (Å²) < 4.78 is 30.7. The van der Waals surface area contributed by atoms with Gasteiger partial charge in [-0.15, -0.1) is 0 Å². The van der Waals surface area contributed by atoms with Crippen molar-refractivity contribution in [2.24, 2.45) is 0 Å².